The van der Waals surface area contributed by atoms with Crippen molar-refractivity contribution in [2.45, 2.75) is 50.1 Å². The van der Waals surface area contributed by atoms with Crippen molar-refractivity contribution in [3.63, 3.8) is 0 Å². The molecule has 9 heteroatoms. The van der Waals surface area contributed by atoms with Gasteiger partial charge >= 0.3 is 5.97 Å². The molecular weight excluding hydrogens is 456 g/mol. The quantitative estimate of drug-likeness (QED) is 0.543. The zero-order valence-corrected chi connectivity index (χ0v) is 20.6. The van der Waals surface area contributed by atoms with E-state index in [0.717, 1.165) is 31.2 Å². The number of hydrogen-bond acceptors (Lipinski definition) is 6. The smallest absolute Gasteiger partial charge is 0.338 e. The largest absolute Gasteiger partial charge is 0.495 e. The molecule has 8 nitrogen and oxygen atoms in total. The maximum absolute atomic E-state index is 13.2. The van der Waals surface area contributed by atoms with Gasteiger partial charge in [-0.15, -0.1) is 0 Å². The molecule has 0 unspecified atom stereocenters. The molecule has 184 valence electrons. The molecule has 0 aliphatic heterocycles. The van der Waals surface area contributed by atoms with Crippen LogP contribution in [0.4, 0.5) is 0 Å². The summed E-state index contributed by atoms with van der Waals surface area (Å²) in [4.78, 5) is 24.6. The summed E-state index contributed by atoms with van der Waals surface area (Å²) in [6.45, 7) is 1.93. The van der Waals surface area contributed by atoms with Crippen molar-refractivity contribution < 1.29 is 27.5 Å². The number of ether oxygens (including phenoxy) is 2. The number of amides is 1. The van der Waals surface area contributed by atoms with Crippen LogP contribution in [0.3, 0.4) is 0 Å². The second kappa shape index (κ2) is 11.5. The van der Waals surface area contributed by atoms with Gasteiger partial charge in [0.05, 0.1) is 12.7 Å². The van der Waals surface area contributed by atoms with Crippen LogP contribution < -0.4 is 10.1 Å². The first-order valence-electron chi connectivity index (χ1n) is 11.4. The van der Waals surface area contributed by atoms with E-state index in [1.807, 2.05) is 30.3 Å². The average molecular weight is 489 g/mol. The number of benzene rings is 2. The third kappa shape index (κ3) is 6.57. The van der Waals surface area contributed by atoms with Crippen molar-refractivity contribution in [1.29, 1.82) is 0 Å². The summed E-state index contributed by atoms with van der Waals surface area (Å²) in [6, 6.07) is 13.3. The van der Waals surface area contributed by atoms with E-state index in [1.54, 1.807) is 0 Å². The van der Waals surface area contributed by atoms with Crippen LogP contribution in [0.1, 0.15) is 48.5 Å². The van der Waals surface area contributed by atoms with Gasteiger partial charge in [0.1, 0.15) is 10.6 Å². The molecule has 34 heavy (non-hydrogen) atoms. The van der Waals surface area contributed by atoms with E-state index in [9.17, 15) is 18.0 Å². The van der Waals surface area contributed by atoms with Gasteiger partial charge in [-0.1, -0.05) is 37.3 Å². The SMILES string of the molecule is COc1ccc(C(=O)OCC(=O)NC2CCC(C)CC2)cc1S(=O)(=O)N(C)Cc1ccccc1. The Morgan fingerprint density at radius 1 is 1.06 bits per heavy atom. The lowest BCUT2D eigenvalue weighted by molar-refractivity contribution is -0.125. The zero-order valence-electron chi connectivity index (χ0n) is 19.8. The highest BCUT2D eigenvalue weighted by Gasteiger charge is 2.27. The third-order valence-electron chi connectivity index (χ3n) is 6.05. The number of nitrogens with zero attached hydrogens (tertiary/aromatic N) is 1. The van der Waals surface area contributed by atoms with Gasteiger partial charge in [0.15, 0.2) is 6.61 Å². The van der Waals surface area contributed by atoms with Crippen molar-refractivity contribution >= 4 is 21.9 Å². The number of nitrogens with one attached hydrogen (secondary N) is 1. The molecule has 1 N–H and O–H groups in total. The van der Waals surface area contributed by atoms with Crippen LogP contribution in [0.5, 0.6) is 5.75 Å². The second-order valence-electron chi connectivity index (χ2n) is 8.71. The Labute approximate surface area is 201 Å². The minimum atomic E-state index is -3.97. The third-order valence-corrected chi connectivity index (χ3v) is 7.88. The Morgan fingerprint density at radius 2 is 1.74 bits per heavy atom. The molecule has 3 rings (SSSR count). The highest BCUT2D eigenvalue weighted by atomic mass is 32.2. The number of hydrogen-bond donors (Lipinski definition) is 1. The molecule has 1 aliphatic rings. The molecule has 1 amide bonds. The molecular formula is C25H32N2O6S. The Kier molecular flexibility index (Phi) is 8.68. The number of esters is 1. The summed E-state index contributed by atoms with van der Waals surface area (Å²) in [6.07, 6.45) is 3.95. The first kappa shape index (κ1) is 25.7. The molecule has 2 aromatic carbocycles. The maximum Gasteiger partial charge on any atom is 0.338 e. The Balaban J connectivity index is 1.67. The second-order valence-corrected chi connectivity index (χ2v) is 10.7. The van der Waals surface area contributed by atoms with Gasteiger partial charge in [-0.25, -0.2) is 13.2 Å². The van der Waals surface area contributed by atoms with E-state index >= 15 is 0 Å². The first-order chi connectivity index (χ1) is 16.2. The Bertz CT molecular complexity index is 1100. The monoisotopic (exact) mass is 488 g/mol. The van der Waals surface area contributed by atoms with Gasteiger partial charge in [0.25, 0.3) is 5.91 Å². The summed E-state index contributed by atoms with van der Waals surface area (Å²) < 4.78 is 38.0. The van der Waals surface area contributed by atoms with E-state index in [-0.39, 0.29) is 34.7 Å². The van der Waals surface area contributed by atoms with Crippen LogP contribution in [0.2, 0.25) is 0 Å². The highest BCUT2D eigenvalue weighted by molar-refractivity contribution is 7.89. The van der Waals surface area contributed by atoms with Crippen molar-refractivity contribution in [1.82, 2.24) is 9.62 Å². The predicted molar refractivity (Wildman–Crippen MR) is 128 cm³/mol. The normalized spacial score (nSPS) is 18.4. The van der Waals surface area contributed by atoms with Crippen molar-refractivity contribution in [3.05, 3.63) is 59.7 Å². The first-order valence-corrected chi connectivity index (χ1v) is 12.8. The lowest BCUT2D eigenvalue weighted by Gasteiger charge is -2.26. The zero-order chi connectivity index (χ0) is 24.7. The molecule has 1 fully saturated rings. The van der Waals surface area contributed by atoms with Gasteiger partial charge in [0, 0.05) is 19.6 Å². The average Bonchev–Trinajstić information content (AvgIpc) is 2.84. The van der Waals surface area contributed by atoms with E-state index in [1.165, 1.54) is 36.7 Å². The lowest BCUT2D eigenvalue weighted by atomic mass is 9.87. The van der Waals surface area contributed by atoms with E-state index in [2.05, 4.69) is 12.2 Å². The van der Waals surface area contributed by atoms with Crippen LogP contribution in [0.15, 0.2) is 53.4 Å². The molecule has 1 aliphatic carbocycles. The predicted octanol–water partition coefficient (Wildman–Crippen LogP) is 3.37. The summed E-state index contributed by atoms with van der Waals surface area (Å²) in [5, 5.41) is 2.90. The summed E-state index contributed by atoms with van der Waals surface area (Å²) >= 11 is 0. The van der Waals surface area contributed by atoms with Crippen molar-refractivity contribution in [3.8, 4) is 5.75 Å². The van der Waals surface area contributed by atoms with Crippen LogP contribution >= 0.6 is 0 Å². The fraction of sp³-hybridized carbons (Fsp3) is 0.440. The van der Waals surface area contributed by atoms with Crippen LogP contribution in [-0.4, -0.2) is 51.4 Å². The topological polar surface area (TPSA) is 102 Å². The van der Waals surface area contributed by atoms with E-state index in [0.29, 0.717) is 5.92 Å². The van der Waals surface area contributed by atoms with Crippen LogP contribution in [0, 0.1) is 5.92 Å². The van der Waals surface area contributed by atoms with Gasteiger partial charge in [-0.3, -0.25) is 4.79 Å². The minimum Gasteiger partial charge on any atom is -0.495 e. The molecule has 0 bridgehead atoms. The molecule has 2 aromatic rings. The molecule has 0 atom stereocenters. The van der Waals surface area contributed by atoms with E-state index < -0.39 is 22.6 Å². The number of sulfonamides is 1. The summed E-state index contributed by atoms with van der Waals surface area (Å²) in [5.74, 6) is -0.368. The number of carbonyl (C=O) groups is 2. The van der Waals surface area contributed by atoms with E-state index in [4.69, 9.17) is 9.47 Å². The molecule has 0 spiro atoms. The fourth-order valence-electron chi connectivity index (χ4n) is 3.99. The molecule has 0 aromatic heterocycles. The van der Waals surface area contributed by atoms with Gasteiger partial charge in [-0.2, -0.15) is 4.31 Å². The Morgan fingerprint density at radius 3 is 2.38 bits per heavy atom. The Hall–Kier alpha value is -2.91. The molecule has 0 heterocycles. The lowest BCUT2D eigenvalue weighted by Crippen LogP contribution is -2.39. The molecule has 0 saturated heterocycles. The minimum absolute atomic E-state index is 0.0202. The summed E-state index contributed by atoms with van der Waals surface area (Å²) in [5.41, 5.74) is 0.841. The number of carbonyl (C=O) groups excluding carboxylic acids is 2. The molecule has 1 saturated carbocycles. The van der Waals surface area contributed by atoms with Crippen molar-refractivity contribution in [2.24, 2.45) is 5.92 Å². The highest BCUT2D eigenvalue weighted by Crippen LogP contribution is 2.28. The molecule has 0 radical (unpaired) electrons. The van der Waals surface area contributed by atoms with Crippen LogP contribution in [-0.2, 0) is 26.1 Å². The summed E-state index contributed by atoms with van der Waals surface area (Å²) in [7, 11) is -1.15. The maximum atomic E-state index is 13.2. The van der Waals surface area contributed by atoms with Gasteiger partial charge in [0.2, 0.25) is 10.0 Å². The van der Waals surface area contributed by atoms with Crippen molar-refractivity contribution in [2.75, 3.05) is 20.8 Å². The number of rotatable bonds is 9. The number of methoxy groups -OCH3 is 1. The fourth-order valence-corrected chi connectivity index (χ4v) is 5.32. The standard InChI is InChI=1S/C25H32N2O6S/c1-18-9-12-21(13-10-18)26-24(28)17-33-25(29)20-11-14-22(32-3)23(15-20)34(30,31)27(2)16-19-7-5-4-6-8-19/h4-8,11,14-15,18,21H,9-10,12-13,16-17H2,1-3H3,(H,26,28). The van der Waals surface area contributed by atoms with Gasteiger partial charge < -0.3 is 14.8 Å². The van der Waals surface area contributed by atoms with Crippen LogP contribution in [0.25, 0.3) is 0 Å². The van der Waals surface area contributed by atoms with Gasteiger partial charge in [-0.05, 0) is 55.4 Å².